The van der Waals surface area contributed by atoms with Gasteiger partial charge in [0, 0.05) is 26.3 Å². The molecule has 1 heterocycles. The van der Waals surface area contributed by atoms with E-state index >= 15 is 0 Å². The lowest BCUT2D eigenvalue weighted by molar-refractivity contribution is -0.129. The molecule has 0 spiro atoms. The standard InChI is InChI=1S/C14H18N4O/c1-17(2)14(19)13-4-3-7-18(13)11-6-5-10(9-15)12(16)8-11/h5-6,8,13H,3-4,7,16H2,1-2H3. The first-order chi connectivity index (χ1) is 9.04. The van der Waals surface area contributed by atoms with Crippen LogP contribution >= 0.6 is 0 Å². The normalized spacial score (nSPS) is 18.2. The molecule has 1 saturated heterocycles. The number of amides is 1. The largest absolute Gasteiger partial charge is 0.398 e. The van der Waals surface area contributed by atoms with Crippen molar-refractivity contribution in [3.05, 3.63) is 23.8 Å². The maximum absolute atomic E-state index is 12.1. The average molecular weight is 258 g/mol. The van der Waals surface area contributed by atoms with E-state index in [0.717, 1.165) is 25.1 Å². The number of hydrogen-bond acceptors (Lipinski definition) is 4. The molecule has 1 amide bonds. The van der Waals surface area contributed by atoms with E-state index in [1.54, 1.807) is 31.1 Å². The van der Waals surface area contributed by atoms with Gasteiger partial charge in [0.1, 0.15) is 12.1 Å². The first-order valence-corrected chi connectivity index (χ1v) is 6.32. The fraction of sp³-hybridized carbons (Fsp3) is 0.429. The minimum Gasteiger partial charge on any atom is -0.398 e. The lowest BCUT2D eigenvalue weighted by Gasteiger charge is -2.28. The number of anilines is 2. The zero-order chi connectivity index (χ0) is 14.0. The second-order valence-electron chi connectivity index (χ2n) is 4.97. The van der Waals surface area contributed by atoms with Crippen LogP contribution in [-0.2, 0) is 4.79 Å². The van der Waals surface area contributed by atoms with E-state index in [2.05, 4.69) is 4.90 Å². The molecule has 1 aromatic rings. The number of nitrogen functional groups attached to an aromatic ring is 1. The average Bonchev–Trinajstić information content (AvgIpc) is 2.86. The molecule has 0 saturated carbocycles. The van der Waals surface area contributed by atoms with Gasteiger partial charge in [-0.05, 0) is 31.0 Å². The fourth-order valence-electron chi connectivity index (χ4n) is 2.46. The van der Waals surface area contributed by atoms with Gasteiger partial charge in [0.2, 0.25) is 5.91 Å². The molecule has 100 valence electrons. The Morgan fingerprint density at radius 3 is 2.84 bits per heavy atom. The summed E-state index contributed by atoms with van der Waals surface area (Å²) in [6, 6.07) is 7.27. The van der Waals surface area contributed by atoms with Gasteiger partial charge >= 0.3 is 0 Å². The number of carbonyl (C=O) groups excluding carboxylic acids is 1. The van der Waals surface area contributed by atoms with Gasteiger partial charge in [-0.1, -0.05) is 0 Å². The molecule has 2 N–H and O–H groups in total. The number of nitrogens with two attached hydrogens (primary N) is 1. The minimum absolute atomic E-state index is 0.112. The molecule has 5 nitrogen and oxygen atoms in total. The van der Waals surface area contributed by atoms with Crippen LogP contribution in [0.4, 0.5) is 11.4 Å². The van der Waals surface area contributed by atoms with Crippen molar-refractivity contribution in [2.45, 2.75) is 18.9 Å². The molecule has 2 rings (SSSR count). The van der Waals surface area contributed by atoms with Crippen molar-refractivity contribution < 1.29 is 4.79 Å². The molecule has 1 aliphatic heterocycles. The van der Waals surface area contributed by atoms with E-state index in [1.807, 2.05) is 12.1 Å². The van der Waals surface area contributed by atoms with Crippen LogP contribution in [-0.4, -0.2) is 37.5 Å². The second-order valence-corrected chi connectivity index (χ2v) is 4.97. The van der Waals surface area contributed by atoms with Crippen molar-refractivity contribution in [3.8, 4) is 6.07 Å². The number of nitrogens with zero attached hydrogens (tertiary/aromatic N) is 3. The summed E-state index contributed by atoms with van der Waals surface area (Å²) in [4.78, 5) is 15.8. The van der Waals surface area contributed by atoms with Crippen molar-refractivity contribution in [2.24, 2.45) is 0 Å². The Bertz CT molecular complexity index is 533. The summed E-state index contributed by atoms with van der Waals surface area (Å²) in [6.07, 6.45) is 1.85. The number of carbonyl (C=O) groups is 1. The van der Waals surface area contributed by atoms with Crippen LogP contribution in [0, 0.1) is 11.3 Å². The molecule has 1 unspecified atom stereocenters. The van der Waals surface area contributed by atoms with Gasteiger partial charge in [-0.25, -0.2) is 0 Å². The van der Waals surface area contributed by atoms with Crippen LogP contribution in [0.25, 0.3) is 0 Å². The Kier molecular flexibility index (Phi) is 3.61. The van der Waals surface area contributed by atoms with Crippen molar-refractivity contribution in [3.63, 3.8) is 0 Å². The summed E-state index contributed by atoms with van der Waals surface area (Å²) >= 11 is 0. The van der Waals surface area contributed by atoms with E-state index in [4.69, 9.17) is 11.0 Å². The maximum atomic E-state index is 12.1. The molecule has 0 aliphatic carbocycles. The molecule has 0 aromatic heterocycles. The van der Waals surface area contributed by atoms with Crippen LogP contribution in [0.5, 0.6) is 0 Å². The van der Waals surface area contributed by atoms with Gasteiger partial charge in [-0.2, -0.15) is 5.26 Å². The van der Waals surface area contributed by atoms with E-state index in [1.165, 1.54) is 0 Å². The molecule has 0 radical (unpaired) electrons. The first kappa shape index (κ1) is 13.2. The van der Waals surface area contributed by atoms with Crippen LogP contribution in [0.3, 0.4) is 0 Å². The van der Waals surface area contributed by atoms with Gasteiger partial charge < -0.3 is 15.5 Å². The quantitative estimate of drug-likeness (QED) is 0.809. The minimum atomic E-state index is -0.123. The Morgan fingerprint density at radius 1 is 1.53 bits per heavy atom. The Hall–Kier alpha value is -2.22. The van der Waals surface area contributed by atoms with Gasteiger partial charge in [0.25, 0.3) is 0 Å². The monoisotopic (exact) mass is 258 g/mol. The van der Waals surface area contributed by atoms with E-state index in [-0.39, 0.29) is 11.9 Å². The molecular weight excluding hydrogens is 240 g/mol. The smallest absolute Gasteiger partial charge is 0.244 e. The highest BCUT2D eigenvalue weighted by atomic mass is 16.2. The second kappa shape index (κ2) is 5.19. The third-order valence-electron chi connectivity index (χ3n) is 3.47. The van der Waals surface area contributed by atoms with Crippen LogP contribution in [0.15, 0.2) is 18.2 Å². The van der Waals surface area contributed by atoms with E-state index in [0.29, 0.717) is 11.3 Å². The van der Waals surface area contributed by atoms with Gasteiger partial charge in [-0.15, -0.1) is 0 Å². The van der Waals surface area contributed by atoms with Gasteiger partial charge in [0.15, 0.2) is 0 Å². The highest BCUT2D eigenvalue weighted by Gasteiger charge is 2.31. The Morgan fingerprint density at radius 2 is 2.26 bits per heavy atom. The number of benzene rings is 1. The molecule has 1 aliphatic rings. The van der Waals surface area contributed by atoms with Crippen LogP contribution < -0.4 is 10.6 Å². The first-order valence-electron chi connectivity index (χ1n) is 6.32. The molecule has 1 atom stereocenters. The zero-order valence-electron chi connectivity index (χ0n) is 11.3. The zero-order valence-corrected chi connectivity index (χ0v) is 11.3. The lowest BCUT2D eigenvalue weighted by atomic mass is 10.1. The third kappa shape index (κ3) is 2.48. The summed E-state index contributed by atoms with van der Waals surface area (Å²) in [6.45, 7) is 0.843. The summed E-state index contributed by atoms with van der Waals surface area (Å²) < 4.78 is 0. The molecule has 1 fully saturated rings. The summed E-state index contributed by atoms with van der Waals surface area (Å²) in [5.74, 6) is 0.112. The molecule has 0 bridgehead atoms. The predicted molar refractivity (Wildman–Crippen MR) is 74.6 cm³/mol. The van der Waals surface area contributed by atoms with E-state index in [9.17, 15) is 4.79 Å². The predicted octanol–water partition coefficient (Wildman–Crippen LogP) is 1.20. The number of likely N-dealkylation sites (N-methyl/N-ethyl adjacent to an activating group) is 1. The fourth-order valence-corrected chi connectivity index (χ4v) is 2.46. The third-order valence-corrected chi connectivity index (χ3v) is 3.47. The molecular formula is C14H18N4O. The number of hydrogen-bond donors (Lipinski definition) is 1. The number of rotatable bonds is 2. The van der Waals surface area contributed by atoms with E-state index < -0.39 is 0 Å². The maximum Gasteiger partial charge on any atom is 0.244 e. The highest BCUT2D eigenvalue weighted by Crippen LogP contribution is 2.28. The SMILES string of the molecule is CN(C)C(=O)C1CCCN1c1ccc(C#N)c(N)c1. The van der Waals surface area contributed by atoms with Crippen molar-refractivity contribution in [1.29, 1.82) is 5.26 Å². The summed E-state index contributed by atoms with van der Waals surface area (Å²) in [5, 5.41) is 8.88. The van der Waals surface area contributed by atoms with Gasteiger partial charge in [-0.3, -0.25) is 4.79 Å². The Balaban J connectivity index is 2.28. The Labute approximate surface area is 113 Å². The summed E-state index contributed by atoms with van der Waals surface area (Å²) in [5.41, 5.74) is 7.68. The highest BCUT2D eigenvalue weighted by molar-refractivity contribution is 5.86. The van der Waals surface area contributed by atoms with Gasteiger partial charge in [0.05, 0.1) is 11.3 Å². The van der Waals surface area contributed by atoms with Crippen molar-refractivity contribution in [2.75, 3.05) is 31.3 Å². The van der Waals surface area contributed by atoms with Crippen LogP contribution in [0.1, 0.15) is 18.4 Å². The topological polar surface area (TPSA) is 73.4 Å². The number of nitriles is 1. The molecule has 5 heteroatoms. The lowest BCUT2D eigenvalue weighted by Crippen LogP contribution is -2.42. The summed E-state index contributed by atoms with van der Waals surface area (Å²) in [7, 11) is 3.54. The molecule has 19 heavy (non-hydrogen) atoms. The van der Waals surface area contributed by atoms with Crippen molar-refractivity contribution >= 4 is 17.3 Å². The van der Waals surface area contributed by atoms with Crippen molar-refractivity contribution in [1.82, 2.24) is 4.90 Å². The van der Waals surface area contributed by atoms with Crippen LogP contribution in [0.2, 0.25) is 0 Å². The molecule has 1 aromatic carbocycles.